The number of alkyl halides is 2. The minimum absolute atomic E-state index is 0.0175. The molecular formula is C42H47F2N11O6. The van der Waals surface area contributed by atoms with E-state index >= 15 is 0 Å². The number of amides is 4. The number of aromatic nitrogens is 5. The molecule has 4 saturated heterocycles. The van der Waals surface area contributed by atoms with Crippen LogP contribution in [0.4, 0.5) is 26.0 Å². The maximum Gasteiger partial charge on any atom is 0.284 e. The van der Waals surface area contributed by atoms with E-state index in [2.05, 4.69) is 40.8 Å². The molecule has 1 saturated carbocycles. The first-order valence-corrected chi connectivity index (χ1v) is 21.1. The SMILES string of the molecule is O=C1CC[C@@H](c2coc3ccc(NC(=O)CN4CCN(CC5CCC(n6cc(NC(=O)c7cnn8ccc(N9C[C@H]%10C[C@@H]9CO%10)nc78)c(C(F)F)n6)CC5)CC4)cc23)C(=O)N1. The Bertz CT molecular complexity index is 2490. The van der Waals surface area contributed by atoms with Crippen LogP contribution >= 0.6 is 0 Å². The van der Waals surface area contributed by atoms with Crippen molar-refractivity contribution in [2.45, 2.75) is 75.5 Å². The van der Waals surface area contributed by atoms with Crippen molar-refractivity contribution in [2.75, 3.05) is 68.0 Å². The first-order chi connectivity index (χ1) is 29.6. The minimum atomic E-state index is -2.87. The van der Waals surface area contributed by atoms with Crippen molar-refractivity contribution in [1.82, 2.24) is 39.5 Å². The summed E-state index contributed by atoms with van der Waals surface area (Å²) in [5, 5.41) is 17.4. The molecule has 2 bridgehead atoms. The van der Waals surface area contributed by atoms with E-state index in [9.17, 15) is 28.0 Å². The fraction of sp³-hybridized carbons (Fsp3) is 0.500. The predicted molar refractivity (Wildman–Crippen MR) is 217 cm³/mol. The molecule has 4 amide bonds. The second kappa shape index (κ2) is 16.2. The van der Waals surface area contributed by atoms with E-state index in [-0.39, 0.29) is 60.1 Å². The Kier molecular flexibility index (Phi) is 10.5. The van der Waals surface area contributed by atoms with Gasteiger partial charge in [-0.25, -0.2) is 18.3 Å². The van der Waals surface area contributed by atoms with Gasteiger partial charge in [0, 0.05) is 74.7 Å². The Morgan fingerprint density at radius 1 is 0.984 bits per heavy atom. The quantitative estimate of drug-likeness (QED) is 0.160. The van der Waals surface area contributed by atoms with Gasteiger partial charge in [-0.1, -0.05) is 0 Å². The molecule has 1 aromatic carbocycles. The second-order valence-corrected chi connectivity index (χ2v) is 17.0. The number of carbonyl (C=O) groups is 4. The van der Waals surface area contributed by atoms with E-state index in [0.717, 1.165) is 82.6 Å². The van der Waals surface area contributed by atoms with Crippen LogP contribution < -0.4 is 20.9 Å². The zero-order valence-electron chi connectivity index (χ0n) is 33.5. The summed E-state index contributed by atoms with van der Waals surface area (Å²) < 4.78 is 43.1. The lowest BCUT2D eigenvalue weighted by molar-refractivity contribution is -0.134. The van der Waals surface area contributed by atoms with Crippen molar-refractivity contribution in [3.8, 4) is 0 Å². The average Bonchev–Trinajstić information content (AvgIpc) is 4.11. The van der Waals surface area contributed by atoms with Gasteiger partial charge in [-0.05, 0) is 68.7 Å². The summed E-state index contributed by atoms with van der Waals surface area (Å²) in [5.41, 5.74) is 1.97. The second-order valence-electron chi connectivity index (χ2n) is 17.0. The summed E-state index contributed by atoms with van der Waals surface area (Å²) >= 11 is 0. The first kappa shape index (κ1) is 39.4. The summed E-state index contributed by atoms with van der Waals surface area (Å²) in [7, 11) is 0. The molecule has 8 heterocycles. The van der Waals surface area contributed by atoms with Gasteiger partial charge >= 0.3 is 0 Å². The highest BCUT2D eigenvalue weighted by Gasteiger charge is 2.40. The van der Waals surface area contributed by atoms with Crippen molar-refractivity contribution in [2.24, 2.45) is 5.92 Å². The number of rotatable bonds is 11. The normalized spacial score (nSPS) is 24.9. The summed E-state index contributed by atoms with van der Waals surface area (Å²) in [6.45, 7) is 5.73. The van der Waals surface area contributed by atoms with E-state index in [1.54, 1.807) is 29.3 Å². The number of nitrogens with one attached hydrogen (secondary N) is 3. The maximum absolute atomic E-state index is 14.3. The molecular weight excluding hydrogens is 793 g/mol. The highest BCUT2D eigenvalue weighted by molar-refractivity contribution is 6.08. The fourth-order valence-electron chi connectivity index (χ4n) is 9.78. The predicted octanol–water partition coefficient (Wildman–Crippen LogP) is 4.35. The Morgan fingerprint density at radius 2 is 1.80 bits per heavy atom. The Hall–Kier alpha value is -5.79. The monoisotopic (exact) mass is 839 g/mol. The highest BCUT2D eigenvalue weighted by Crippen LogP contribution is 2.37. The van der Waals surface area contributed by atoms with E-state index in [1.807, 2.05) is 12.1 Å². The fourth-order valence-corrected chi connectivity index (χ4v) is 9.78. The van der Waals surface area contributed by atoms with Crippen LogP contribution in [0.2, 0.25) is 0 Å². The number of furan rings is 1. The van der Waals surface area contributed by atoms with Crippen molar-refractivity contribution >= 4 is 57.4 Å². The van der Waals surface area contributed by atoms with Crippen LogP contribution in [0.15, 0.2) is 53.5 Å². The summed E-state index contributed by atoms with van der Waals surface area (Å²) in [6, 6.07) is 7.39. The molecule has 3 N–H and O–H groups in total. The molecule has 10 rings (SSSR count). The first-order valence-electron chi connectivity index (χ1n) is 21.1. The zero-order valence-corrected chi connectivity index (χ0v) is 33.5. The van der Waals surface area contributed by atoms with Gasteiger partial charge in [0.1, 0.15) is 17.0 Å². The van der Waals surface area contributed by atoms with Gasteiger partial charge in [0.05, 0.1) is 55.4 Å². The molecule has 320 valence electrons. The van der Waals surface area contributed by atoms with Crippen LogP contribution in [0.5, 0.6) is 0 Å². The number of ether oxygens (including phenoxy) is 1. The van der Waals surface area contributed by atoms with Crippen LogP contribution in [0.3, 0.4) is 0 Å². The molecule has 3 atom stereocenters. The number of carbonyl (C=O) groups excluding carboxylic acids is 4. The average molecular weight is 840 g/mol. The van der Waals surface area contributed by atoms with Crippen LogP contribution in [0.1, 0.15) is 84.9 Å². The lowest BCUT2D eigenvalue weighted by Crippen LogP contribution is -2.49. The Morgan fingerprint density at radius 3 is 2.56 bits per heavy atom. The van der Waals surface area contributed by atoms with E-state index in [1.165, 1.54) is 16.9 Å². The van der Waals surface area contributed by atoms with E-state index in [0.29, 0.717) is 41.4 Å². The third-order valence-electron chi connectivity index (χ3n) is 13.0. The molecule has 61 heavy (non-hydrogen) atoms. The topological polar surface area (TPSA) is 184 Å². The van der Waals surface area contributed by atoms with Gasteiger partial charge in [-0.3, -0.25) is 34.1 Å². The number of nitrogens with zero attached hydrogens (tertiary/aromatic N) is 8. The number of benzene rings is 1. The zero-order chi connectivity index (χ0) is 41.8. The summed E-state index contributed by atoms with van der Waals surface area (Å²) in [4.78, 5) is 62.2. The number of fused-ring (bicyclic) bond motifs is 4. The van der Waals surface area contributed by atoms with Gasteiger partial charge in [-0.15, -0.1) is 0 Å². The van der Waals surface area contributed by atoms with Crippen LogP contribution in [0.25, 0.3) is 16.6 Å². The number of hydrogen-bond donors (Lipinski definition) is 3. The standard InChI is InChI=1S/C42H47F2N11O6/c43-39(44)38-33(47-42(59)31-17-45-54-10-9-35(48-40(31)54)53-19-28-16-27(53)22-60-28)20-55(50-38)26-4-1-24(2-5-26)18-51-11-13-52(14-12-51)21-37(57)46-25-3-7-34-30(15-25)32(23-61-34)29-6-8-36(56)49-41(29)58/h3,7,9-10,15,17,20,23-24,26-29,39H,1-2,4-6,8,11-14,16,18-19,21-22H2,(H,46,57)(H,47,59)(H,49,56,58)/t24?,26?,27-,28-,29+/m1/s1. The molecule has 1 aliphatic carbocycles. The van der Waals surface area contributed by atoms with Gasteiger partial charge in [0.2, 0.25) is 17.7 Å². The molecule has 17 nitrogen and oxygen atoms in total. The third kappa shape index (κ3) is 7.96. The summed E-state index contributed by atoms with van der Waals surface area (Å²) in [5.74, 6) is -0.634. The van der Waals surface area contributed by atoms with Crippen molar-refractivity contribution in [3.05, 3.63) is 65.9 Å². The maximum atomic E-state index is 14.3. The van der Waals surface area contributed by atoms with Crippen LogP contribution in [0, 0.1) is 5.92 Å². The molecule has 4 aliphatic heterocycles. The van der Waals surface area contributed by atoms with Gasteiger partial charge in [0.25, 0.3) is 12.3 Å². The third-order valence-corrected chi connectivity index (χ3v) is 13.0. The van der Waals surface area contributed by atoms with E-state index < -0.39 is 23.9 Å². The molecule has 5 fully saturated rings. The number of halogens is 2. The minimum Gasteiger partial charge on any atom is -0.464 e. The van der Waals surface area contributed by atoms with Crippen LogP contribution in [-0.4, -0.2) is 122 Å². The molecule has 0 spiro atoms. The lowest BCUT2D eigenvalue weighted by Gasteiger charge is -2.38. The number of piperidine rings is 1. The number of hydrogen-bond acceptors (Lipinski definition) is 12. The number of anilines is 3. The van der Waals surface area contributed by atoms with Gasteiger partial charge < -0.3 is 29.6 Å². The molecule has 0 unspecified atom stereocenters. The van der Waals surface area contributed by atoms with Crippen molar-refractivity contribution in [3.63, 3.8) is 0 Å². The van der Waals surface area contributed by atoms with Gasteiger partial charge in [0.15, 0.2) is 11.3 Å². The number of imide groups is 1. The Balaban J connectivity index is 0.696. The van der Waals surface area contributed by atoms with E-state index in [4.69, 9.17) is 14.1 Å². The molecule has 5 aliphatic rings. The number of piperazine rings is 1. The smallest absolute Gasteiger partial charge is 0.284 e. The molecule has 19 heteroatoms. The molecule has 4 aromatic heterocycles. The van der Waals surface area contributed by atoms with Crippen LogP contribution in [-0.2, 0) is 19.1 Å². The molecule has 5 aromatic rings. The largest absolute Gasteiger partial charge is 0.464 e. The number of morpholine rings is 1. The lowest BCUT2D eigenvalue weighted by atomic mass is 9.85. The van der Waals surface area contributed by atoms with Crippen molar-refractivity contribution < 1.29 is 37.1 Å². The summed E-state index contributed by atoms with van der Waals surface area (Å²) in [6.07, 6.45) is 8.57. The van der Waals surface area contributed by atoms with Gasteiger partial charge in [-0.2, -0.15) is 10.2 Å². The van der Waals surface area contributed by atoms with Crippen molar-refractivity contribution in [1.29, 1.82) is 0 Å². The Labute approximate surface area is 348 Å². The highest BCUT2D eigenvalue weighted by atomic mass is 19.3. The molecule has 0 radical (unpaired) electrons.